The lowest BCUT2D eigenvalue weighted by molar-refractivity contribution is -0.136. The molecule has 0 bridgehead atoms. The van der Waals surface area contributed by atoms with Crippen LogP contribution in [0.1, 0.15) is 18.4 Å². The van der Waals surface area contributed by atoms with Crippen molar-refractivity contribution >= 4 is 11.8 Å². The lowest BCUT2D eigenvalue weighted by Gasteiger charge is -2.20. The molecule has 90 valence electrons. The molecule has 0 spiro atoms. The zero-order valence-electron chi connectivity index (χ0n) is 9.00. The van der Waals surface area contributed by atoms with Crippen LogP contribution in [0.15, 0.2) is 18.2 Å². The van der Waals surface area contributed by atoms with Gasteiger partial charge in [0.25, 0.3) is 0 Å². The number of benzene rings is 1. The Morgan fingerprint density at radius 1 is 1.29 bits per heavy atom. The number of piperidine rings is 1. The number of carbonyl (C=O) groups excluding carboxylic acids is 2. The number of halogens is 2. The highest BCUT2D eigenvalue weighted by atomic mass is 19.1. The second-order valence-corrected chi connectivity index (χ2v) is 4.09. The summed E-state index contributed by atoms with van der Waals surface area (Å²) in [6.45, 7) is 0. The number of amides is 2. The first-order valence-electron chi connectivity index (χ1n) is 5.34. The minimum absolute atomic E-state index is 0.114. The molecule has 3 nitrogen and oxygen atoms in total. The third kappa shape index (κ3) is 2.67. The van der Waals surface area contributed by atoms with Gasteiger partial charge in [-0.1, -0.05) is 0 Å². The normalized spacial score (nSPS) is 20.2. The maximum atomic E-state index is 13.4. The van der Waals surface area contributed by atoms with Gasteiger partial charge in [0.15, 0.2) is 0 Å². The molecule has 0 aromatic heterocycles. The van der Waals surface area contributed by atoms with Gasteiger partial charge >= 0.3 is 0 Å². The molecule has 1 unspecified atom stereocenters. The van der Waals surface area contributed by atoms with E-state index in [0.717, 1.165) is 18.2 Å². The third-order valence-corrected chi connectivity index (χ3v) is 2.83. The molecule has 0 radical (unpaired) electrons. The summed E-state index contributed by atoms with van der Waals surface area (Å²) in [6, 6.07) is 3.15. The molecule has 2 amide bonds. The summed E-state index contributed by atoms with van der Waals surface area (Å²) in [6.07, 6.45) is 0.733. The highest BCUT2D eigenvalue weighted by Crippen LogP contribution is 2.20. The van der Waals surface area contributed by atoms with Gasteiger partial charge in [-0.05, 0) is 36.6 Å². The molecule has 1 aliphatic heterocycles. The summed E-state index contributed by atoms with van der Waals surface area (Å²) in [5.41, 5.74) is 0.166. The SMILES string of the molecule is O=C1CCC(Cc2cc(F)ccc2F)C(=O)N1. The van der Waals surface area contributed by atoms with E-state index in [2.05, 4.69) is 5.32 Å². The molecular formula is C12H11F2NO2. The van der Waals surface area contributed by atoms with Gasteiger partial charge in [-0.2, -0.15) is 0 Å². The van der Waals surface area contributed by atoms with Crippen molar-refractivity contribution < 1.29 is 18.4 Å². The summed E-state index contributed by atoms with van der Waals surface area (Å²) in [7, 11) is 0. The van der Waals surface area contributed by atoms with Crippen molar-refractivity contribution in [1.29, 1.82) is 0 Å². The van der Waals surface area contributed by atoms with Crippen LogP contribution in [0.3, 0.4) is 0 Å². The van der Waals surface area contributed by atoms with E-state index in [9.17, 15) is 18.4 Å². The summed E-state index contributed by atoms with van der Waals surface area (Å²) >= 11 is 0. The van der Waals surface area contributed by atoms with Crippen LogP contribution in [0.2, 0.25) is 0 Å². The fourth-order valence-electron chi connectivity index (χ4n) is 1.90. The zero-order chi connectivity index (χ0) is 12.4. The van der Waals surface area contributed by atoms with Crippen LogP contribution < -0.4 is 5.32 Å². The van der Waals surface area contributed by atoms with Gasteiger partial charge in [0, 0.05) is 12.3 Å². The van der Waals surface area contributed by atoms with Crippen LogP contribution in [-0.2, 0) is 16.0 Å². The smallest absolute Gasteiger partial charge is 0.230 e. The fourth-order valence-corrected chi connectivity index (χ4v) is 1.90. The predicted molar refractivity (Wildman–Crippen MR) is 55.9 cm³/mol. The van der Waals surface area contributed by atoms with Crippen molar-refractivity contribution in [3.8, 4) is 0 Å². The number of rotatable bonds is 2. The molecule has 1 heterocycles. The first kappa shape index (κ1) is 11.7. The number of imide groups is 1. The molecule has 1 aromatic rings. The van der Waals surface area contributed by atoms with E-state index in [1.54, 1.807) is 0 Å². The molecule has 1 N–H and O–H groups in total. The Labute approximate surface area is 96.8 Å². The Kier molecular flexibility index (Phi) is 3.17. The van der Waals surface area contributed by atoms with Crippen molar-refractivity contribution in [3.63, 3.8) is 0 Å². The van der Waals surface area contributed by atoms with Crippen molar-refractivity contribution in [3.05, 3.63) is 35.4 Å². The van der Waals surface area contributed by atoms with Gasteiger partial charge in [0.05, 0.1) is 0 Å². The summed E-state index contributed by atoms with van der Waals surface area (Å²) < 4.78 is 26.3. The maximum absolute atomic E-state index is 13.4. The molecule has 1 fully saturated rings. The van der Waals surface area contributed by atoms with E-state index in [0.29, 0.717) is 6.42 Å². The summed E-state index contributed by atoms with van der Waals surface area (Å²) in [5.74, 6) is -2.26. The lowest BCUT2D eigenvalue weighted by Crippen LogP contribution is -2.41. The molecular weight excluding hydrogens is 228 g/mol. The largest absolute Gasteiger partial charge is 0.296 e. The van der Waals surface area contributed by atoms with E-state index in [4.69, 9.17) is 0 Å². The Hall–Kier alpha value is -1.78. The minimum Gasteiger partial charge on any atom is -0.296 e. The van der Waals surface area contributed by atoms with Crippen molar-refractivity contribution in [2.24, 2.45) is 5.92 Å². The van der Waals surface area contributed by atoms with Crippen molar-refractivity contribution in [2.75, 3.05) is 0 Å². The summed E-state index contributed by atoms with van der Waals surface area (Å²) in [5, 5.41) is 2.19. The van der Waals surface area contributed by atoms with E-state index in [1.807, 2.05) is 0 Å². The second-order valence-electron chi connectivity index (χ2n) is 4.09. The van der Waals surface area contributed by atoms with Crippen LogP contribution in [0.4, 0.5) is 8.78 Å². The molecule has 2 rings (SSSR count). The van der Waals surface area contributed by atoms with E-state index < -0.39 is 23.5 Å². The Morgan fingerprint density at radius 2 is 2.06 bits per heavy atom. The predicted octanol–water partition coefficient (Wildman–Crippen LogP) is 1.56. The molecule has 0 aliphatic carbocycles. The average Bonchev–Trinajstić information content (AvgIpc) is 2.27. The van der Waals surface area contributed by atoms with Crippen molar-refractivity contribution in [2.45, 2.75) is 19.3 Å². The minimum atomic E-state index is -0.534. The molecule has 1 saturated heterocycles. The van der Waals surface area contributed by atoms with E-state index in [-0.39, 0.29) is 24.3 Å². The molecule has 1 aliphatic rings. The lowest BCUT2D eigenvalue weighted by atomic mass is 9.91. The number of carbonyl (C=O) groups is 2. The quantitative estimate of drug-likeness (QED) is 0.796. The second kappa shape index (κ2) is 4.61. The number of nitrogens with one attached hydrogen (secondary N) is 1. The Bertz CT molecular complexity index is 474. The van der Waals surface area contributed by atoms with Crippen LogP contribution in [0, 0.1) is 17.6 Å². The third-order valence-electron chi connectivity index (χ3n) is 2.83. The number of hydrogen-bond donors (Lipinski definition) is 1. The fraction of sp³-hybridized carbons (Fsp3) is 0.333. The van der Waals surface area contributed by atoms with E-state index >= 15 is 0 Å². The van der Waals surface area contributed by atoms with E-state index in [1.165, 1.54) is 0 Å². The van der Waals surface area contributed by atoms with Crippen molar-refractivity contribution in [1.82, 2.24) is 5.32 Å². The highest BCUT2D eigenvalue weighted by molar-refractivity contribution is 5.98. The topological polar surface area (TPSA) is 46.2 Å². The van der Waals surface area contributed by atoms with Gasteiger partial charge in [-0.15, -0.1) is 0 Å². The van der Waals surface area contributed by atoms with Gasteiger partial charge in [0.2, 0.25) is 11.8 Å². The van der Waals surface area contributed by atoms with Crippen LogP contribution in [-0.4, -0.2) is 11.8 Å². The van der Waals surface area contributed by atoms with Crippen LogP contribution in [0.5, 0.6) is 0 Å². The molecule has 0 saturated carbocycles. The standard InChI is InChI=1S/C12H11F2NO2/c13-9-2-3-10(14)8(6-9)5-7-1-4-11(16)15-12(7)17/h2-3,6-7H,1,4-5H2,(H,15,16,17). The zero-order valence-corrected chi connectivity index (χ0v) is 9.00. The van der Waals surface area contributed by atoms with Crippen LogP contribution >= 0.6 is 0 Å². The molecule has 17 heavy (non-hydrogen) atoms. The molecule has 1 atom stereocenters. The molecule has 1 aromatic carbocycles. The maximum Gasteiger partial charge on any atom is 0.230 e. The van der Waals surface area contributed by atoms with Gasteiger partial charge in [-0.25, -0.2) is 8.78 Å². The Morgan fingerprint density at radius 3 is 2.76 bits per heavy atom. The van der Waals surface area contributed by atoms with Gasteiger partial charge in [-0.3, -0.25) is 14.9 Å². The monoisotopic (exact) mass is 239 g/mol. The number of hydrogen-bond acceptors (Lipinski definition) is 2. The first-order valence-corrected chi connectivity index (χ1v) is 5.34. The highest BCUT2D eigenvalue weighted by Gasteiger charge is 2.27. The van der Waals surface area contributed by atoms with Gasteiger partial charge < -0.3 is 0 Å². The average molecular weight is 239 g/mol. The van der Waals surface area contributed by atoms with Gasteiger partial charge in [0.1, 0.15) is 11.6 Å². The Balaban J connectivity index is 2.13. The molecule has 5 heteroatoms. The van der Waals surface area contributed by atoms with Crippen LogP contribution in [0.25, 0.3) is 0 Å². The first-order chi connectivity index (χ1) is 8.06. The summed E-state index contributed by atoms with van der Waals surface area (Å²) in [4.78, 5) is 22.4.